The van der Waals surface area contributed by atoms with Crippen LogP contribution >= 0.6 is 0 Å². The Morgan fingerprint density at radius 1 is 1.28 bits per heavy atom. The van der Waals surface area contributed by atoms with Crippen LogP contribution in [0.4, 0.5) is 0 Å². The van der Waals surface area contributed by atoms with Gasteiger partial charge in [0, 0.05) is 22.4 Å². The number of ether oxygens (including phenoxy) is 1. The van der Waals surface area contributed by atoms with Crippen molar-refractivity contribution in [3.63, 3.8) is 0 Å². The van der Waals surface area contributed by atoms with E-state index in [9.17, 15) is 13.2 Å². The van der Waals surface area contributed by atoms with Crippen molar-refractivity contribution in [1.82, 2.24) is 0 Å². The van der Waals surface area contributed by atoms with E-state index in [2.05, 4.69) is 11.3 Å². The van der Waals surface area contributed by atoms with Crippen LogP contribution in [0, 0.1) is 0 Å². The molecule has 0 spiro atoms. The predicted molar refractivity (Wildman–Crippen MR) is 62.8 cm³/mol. The van der Waals surface area contributed by atoms with Crippen molar-refractivity contribution in [2.75, 3.05) is 12.4 Å². The van der Waals surface area contributed by atoms with Gasteiger partial charge in [-0.15, -0.1) is 4.28 Å². The van der Waals surface area contributed by atoms with E-state index >= 15 is 0 Å². The fourth-order valence-electron chi connectivity index (χ4n) is 0.961. The van der Waals surface area contributed by atoms with E-state index < -0.39 is 21.8 Å². The van der Waals surface area contributed by atoms with Crippen LogP contribution in [-0.4, -0.2) is 26.7 Å². The molecule has 1 aromatic heterocycles. The number of hydrogen-bond acceptors (Lipinski definition) is 5. The molecule has 7 heteroatoms. The maximum absolute atomic E-state index is 11.5. The molecule has 0 atom stereocenters. The van der Waals surface area contributed by atoms with Crippen molar-refractivity contribution in [2.45, 2.75) is 6.92 Å². The van der Waals surface area contributed by atoms with Crippen LogP contribution in [0.1, 0.15) is 6.92 Å². The van der Waals surface area contributed by atoms with Gasteiger partial charge < -0.3 is 4.74 Å². The van der Waals surface area contributed by atoms with E-state index in [4.69, 9.17) is 4.28 Å². The molecule has 0 N–H and O–H groups in total. The lowest BCUT2D eigenvalue weighted by Gasteiger charge is -2.03. The maximum Gasteiger partial charge on any atom is 0.370 e. The second-order valence-corrected chi connectivity index (χ2v) is 5.16. The first-order chi connectivity index (χ1) is 8.41. The first-order valence-corrected chi connectivity index (χ1v) is 6.70. The molecule has 0 radical (unpaired) electrons. The van der Waals surface area contributed by atoms with Gasteiger partial charge in [0.25, 0.3) is 0 Å². The Bertz CT molecular complexity index is 524. The van der Waals surface area contributed by atoms with E-state index in [1.54, 1.807) is 18.2 Å². The van der Waals surface area contributed by atoms with Gasteiger partial charge in [-0.3, -0.25) is 0 Å². The zero-order valence-electron chi connectivity index (χ0n) is 9.90. The highest BCUT2D eigenvalue weighted by molar-refractivity contribution is 7.86. The van der Waals surface area contributed by atoms with Crippen LogP contribution < -0.4 is 9.01 Å². The predicted octanol–water partition coefficient (Wildman–Crippen LogP) is -0.148. The summed E-state index contributed by atoms with van der Waals surface area (Å²) >= 11 is 0. The quantitative estimate of drug-likeness (QED) is 0.409. The van der Waals surface area contributed by atoms with E-state index in [0.29, 0.717) is 0 Å². The molecule has 18 heavy (non-hydrogen) atoms. The van der Waals surface area contributed by atoms with Crippen molar-refractivity contribution in [3.8, 4) is 0 Å². The fourth-order valence-corrected chi connectivity index (χ4v) is 1.68. The topological polar surface area (TPSA) is 73.5 Å². The van der Waals surface area contributed by atoms with Gasteiger partial charge >= 0.3 is 16.1 Å². The Kier molecular flexibility index (Phi) is 4.85. The molecule has 0 saturated heterocycles. The third-order valence-corrected chi connectivity index (χ3v) is 2.87. The summed E-state index contributed by atoms with van der Waals surface area (Å²) in [5, 5.41) is 0. The molecule has 6 nitrogen and oxygen atoms in total. The minimum absolute atomic E-state index is 0.214. The molecule has 0 aliphatic heterocycles. The number of nitrogens with zero attached hydrogens (tertiary/aromatic N) is 1. The average molecular weight is 272 g/mol. The van der Waals surface area contributed by atoms with E-state index in [0.717, 1.165) is 4.73 Å². The van der Waals surface area contributed by atoms with Crippen LogP contribution in [0.15, 0.2) is 42.7 Å². The Hall–Kier alpha value is -1.89. The van der Waals surface area contributed by atoms with Crippen LogP contribution in [-0.2, 0) is 19.6 Å². The minimum Gasteiger partial charge on any atom is -0.461 e. The summed E-state index contributed by atoms with van der Waals surface area (Å²) in [6, 6.07) is 4.97. The molecule has 0 saturated carbocycles. The zero-order chi connectivity index (χ0) is 13.6. The molecule has 0 aliphatic carbocycles. The molecule has 1 rings (SSSR count). The number of esters is 1. The van der Waals surface area contributed by atoms with Crippen molar-refractivity contribution in [2.24, 2.45) is 0 Å². The van der Waals surface area contributed by atoms with Gasteiger partial charge in [0.15, 0.2) is 0 Å². The molecular weight excluding hydrogens is 258 g/mol. The van der Waals surface area contributed by atoms with Crippen molar-refractivity contribution in [3.05, 3.63) is 42.7 Å². The Balaban J connectivity index is 2.46. The van der Waals surface area contributed by atoms with E-state index in [-0.39, 0.29) is 12.2 Å². The minimum atomic E-state index is -3.80. The molecule has 0 aromatic carbocycles. The first kappa shape index (κ1) is 14.2. The first-order valence-electron chi connectivity index (χ1n) is 5.12. The third kappa shape index (κ3) is 4.96. The van der Waals surface area contributed by atoms with Gasteiger partial charge in [0.2, 0.25) is 12.4 Å². The second-order valence-electron chi connectivity index (χ2n) is 3.49. The van der Waals surface area contributed by atoms with Crippen LogP contribution in [0.25, 0.3) is 0 Å². The summed E-state index contributed by atoms with van der Waals surface area (Å²) < 4.78 is 33.4. The zero-order valence-corrected chi connectivity index (χ0v) is 10.7. The summed E-state index contributed by atoms with van der Waals surface area (Å²) in [7, 11) is -3.80. The number of carbonyl (C=O) groups excluding carboxylic acids is 1. The average Bonchev–Trinajstić information content (AvgIpc) is 2.29. The molecule has 0 aliphatic rings. The summed E-state index contributed by atoms with van der Waals surface area (Å²) in [4.78, 5) is 11.0. The lowest BCUT2D eigenvalue weighted by atomic mass is 10.4. The lowest BCUT2D eigenvalue weighted by Crippen LogP contribution is -2.46. The number of carbonyl (C=O) groups is 1. The summed E-state index contributed by atoms with van der Waals surface area (Å²) in [5.41, 5.74) is 0.214. The second kappa shape index (κ2) is 6.15. The van der Waals surface area contributed by atoms with Gasteiger partial charge in [0.05, 0.1) is 0 Å². The summed E-state index contributed by atoms with van der Waals surface area (Å²) in [6.07, 6.45) is 2.88. The summed E-state index contributed by atoms with van der Waals surface area (Å²) in [6.45, 7) is 4.58. The van der Waals surface area contributed by atoms with Crippen LogP contribution in [0.3, 0.4) is 0 Å². The van der Waals surface area contributed by atoms with Crippen molar-refractivity contribution in [1.29, 1.82) is 0 Å². The lowest BCUT2D eigenvalue weighted by molar-refractivity contribution is -0.856. The number of hydrogen-bond donors (Lipinski definition) is 0. The molecule has 0 fully saturated rings. The standard InChI is InChI=1S/C11H14NO5S/c1-10(2)11(13)16-8-9-18(14,15)17-12-6-4-3-5-7-12/h3-7H,1,8-9H2,2H3/q+1. The van der Waals surface area contributed by atoms with Crippen LogP contribution in [0.2, 0.25) is 0 Å². The molecule has 0 unspecified atom stereocenters. The fraction of sp³-hybridized carbons (Fsp3) is 0.273. The molecule has 1 aromatic rings. The molecule has 1 heterocycles. The van der Waals surface area contributed by atoms with Gasteiger partial charge in [-0.05, 0) is 6.92 Å². The van der Waals surface area contributed by atoms with Gasteiger partial charge in [0.1, 0.15) is 12.4 Å². The Labute approximate surface area is 106 Å². The van der Waals surface area contributed by atoms with Crippen molar-refractivity contribution < 1.29 is 27.0 Å². The van der Waals surface area contributed by atoms with Gasteiger partial charge in [-0.2, -0.15) is 8.42 Å². The monoisotopic (exact) mass is 272 g/mol. The Morgan fingerprint density at radius 3 is 2.44 bits per heavy atom. The highest BCUT2D eigenvalue weighted by atomic mass is 32.2. The smallest absolute Gasteiger partial charge is 0.370 e. The molecule has 0 bridgehead atoms. The highest BCUT2D eigenvalue weighted by Gasteiger charge is 2.19. The molecule has 0 amide bonds. The SMILES string of the molecule is C=C(C)C(=O)OCCS(=O)(=O)O[n+]1ccccc1. The third-order valence-electron chi connectivity index (χ3n) is 1.80. The van der Waals surface area contributed by atoms with Gasteiger partial charge in [-0.25, -0.2) is 4.79 Å². The van der Waals surface area contributed by atoms with E-state index in [1.165, 1.54) is 19.3 Å². The number of aromatic nitrogens is 1. The Morgan fingerprint density at radius 2 is 1.89 bits per heavy atom. The number of pyridine rings is 1. The summed E-state index contributed by atoms with van der Waals surface area (Å²) in [5.74, 6) is -1.05. The van der Waals surface area contributed by atoms with E-state index in [1.807, 2.05) is 0 Å². The maximum atomic E-state index is 11.5. The molecule has 98 valence electrons. The normalized spacial score (nSPS) is 10.7. The largest absolute Gasteiger partial charge is 0.461 e. The number of rotatable bonds is 6. The van der Waals surface area contributed by atoms with Crippen molar-refractivity contribution >= 4 is 16.1 Å². The van der Waals surface area contributed by atoms with Gasteiger partial charge in [-0.1, -0.05) is 12.6 Å². The molecular formula is C11H14NO5S+. The van der Waals surface area contributed by atoms with Crippen LogP contribution in [0.5, 0.6) is 0 Å². The highest BCUT2D eigenvalue weighted by Crippen LogP contribution is 1.93.